The van der Waals surface area contributed by atoms with Crippen molar-refractivity contribution in [2.75, 3.05) is 0 Å². The van der Waals surface area contributed by atoms with Gasteiger partial charge in [0.25, 0.3) is 0 Å². The van der Waals surface area contributed by atoms with E-state index in [4.69, 9.17) is 4.74 Å². The number of rotatable bonds is 2. The van der Waals surface area contributed by atoms with Crippen LogP contribution in [0.4, 0.5) is 0 Å². The standard InChI is InChI=1S/C17H18N2O/c1-12-9-17(3,20-13(12)2)16-8-6-5-7-15(16)14-10-18-19(4)11-14/h5-8,10-11H,1-2,9H2,3-4H3. The molecule has 2 heterocycles. The van der Waals surface area contributed by atoms with Gasteiger partial charge in [0.05, 0.1) is 6.20 Å². The van der Waals surface area contributed by atoms with Crippen molar-refractivity contribution in [1.29, 1.82) is 0 Å². The SMILES string of the molecule is C=C1CC(C)(c2ccccc2-c2cnn(C)c2)OC1=C. The van der Waals surface area contributed by atoms with E-state index in [2.05, 4.69) is 37.3 Å². The normalized spacial score (nSPS) is 22.1. The number of hydrogen-bond donors (Lipinski definition) is 0. The maximum Gasteiger partial charge on any atom is 0.136 e. The van der Waals surface area contributed by atoms with Crippen LogP contribution in [0, 0.1) is 0 Å². The summed E-state index contributed by atoms with van der Waals surface area (Å²) in [5, 5.41) is 4.25. The molecule has 0 N–H and O–H groups in total. The van der Waals surface area contributed by atoms with Crippen LogP contribution in [-0.4, -0.2) is 9.78 Å². The molecule has 0 saturated carbocycles. The van der Waals surface area contributed by atoms with Gasteiger partial charge in [0, 0.05) is 30.8 Å². The molecule has 1 aromatic carbocycles. The molecule has 1 unspecified atom stereocenters. The van der Waals surface area contributed by atoms with E-state index in [0.717, 1.165) is 28.7 Å². The molecule has 0 aliphatic carbocycles. The lowest BCUT2D eigenvalue weighted by molar-refractivity contribution is 0.0565. The second-order valence-corrected chi connectivity index (χ2v) is 5.48. The minimum absolute atomic E-state index is 0.402. The van der Waals surface area contributed by atoms with Crippen molar-refractivity contribution in [3.63, 3.8) is 0 Å². The number of benzene rings is 1. The highest BCUT2D eigenvalue weighted by Crippen LogP contribution is 2.45. The van der Waals surface area contributed by atoms with Crippen LogP contribution < -0.4 is 0 Å². The Kier molecular flexibility index (Phi) is 2.78. The fraction of sp³-hybridized carbons (Fsp3) is 0.235. The molecule has 0 amide bonds. The predicted molar refractivity (Wildman–Crippen MR) is 80.0 cm³/mol. The summed E-state index contributed by atoms with van der Waals surface area (Å²) in [4.78, 5) is 0. The third-order valence-electron chi connectivity index (χ3n) is 3.81. The molecule has 0 spiro atoms. The van der Waals surface area contributed by atoms with Crippen molar-refractivity contribution >= 4 is 0 Å². The van der Waals surface area contributed by atoms with Crippen LogP contribution in [0.15, 0.2) is 61.1 Å². The molecule has 1 aromatic heterocycles. The monoisotopic (exact) mass is 266 g/mol. The van der Waals surface area contributed by atoms with Crippen LogP contribution >= 0.6 is 0 Å². The minimum Gasteiger partial charge on any atom is -0.483 e. The maximum absolute atomic E-state index is 5.99. The zero-order valence-electron chi connectivity index (χ0n) is 11.9. The van der Waals surface area contributed by atoms with Crippen molar-refractivity contribution in [2.24, 2.45) is 7.05 Å². The Bertz CT molecular complexity index is 681. The quantitative estimate of drug-likeness (QED) is 0.827. The second kappa shape index (κ2) is 4.37. The molecule has 1 aliphatic rings. The van der Waals surface area contributed by atoms with E-state index >= 15 is 0 Å². The second-order valence-electron chi connectivity index (χ2n) is 5.48. The van der Waals surface area contributed by atoms with Gasteiger partial charge in [0.15, 0.2) is 0 Å². The molecular weight excluding hydrogens is 248 g/mol. The van der Waals surface area contributed by atoms with Gasteiger partial charge in [-0.15, -0.1) is 0 Å². The molecular formula is C17H18N2O. The summed E-state index contributed by atoms with van der Waals surface area (Å²) >= 11 is 0. The first-order valence-corrected chi connectivity index (χ1v) is 6.64. The molecule has 1 fully saturated rings. The first-order valence-electron chi connectivity index (χ1n) is 6.64. The summed E-state index contributed by atoms with van der Waals surface area (Å²) in [5.41, 5.74) is 3.95. The molecule has 1 atom stereocenters. The number of nitrogens with zero attached hydrogens (tertiary/aromatic N) is 2. The van der Waals surface area contributed by atoms with Gasteiger partial charge in [-0.3, -0.25) is 4.68 Å². The van der Waals surface area contributed by atoms with Crippen LogP contribution in [0.25, 0.3) is 11.1 Å². The lowest BCUT2D eigenvalue weighted by Crippen LogP contribution is -2.20. The fourth-order valence-electron chi connectivity index (χ4n) is 2.79. The Balaban J connectivity index is 2.11. The summed E-state index contributed by atoms with van der Waals surface area (Å²) in [5.74, 6) is 0.688. The zero-order chi connectivity index (χ0) is 14.3. The van der Waals surface area contributed by atoms with Crippen LogP contribution in [-0.2, 0) is 17.4 Å². The number of hydrogen-bond acceptors (Lipinski definition) is 2. The third-order valence-corrected chi connectivity index (χ3v) is 3.81. The predicted octanol–water partition coefficient (Wildman–Crippen LogP) is 3.79. The van der Waals surface area contributed by atoms with Gasteiger partial charge in [0.1, 0.15) is 11.4 Å². The van der Waals surface area contributed by atoms with E-state index in [0.29, 0.717) is 5.76 Å². The van der Waals surface area contributed by atoms with E-state index in [1.54, 1.807) is 0 Å². The van der Waals surface area contributed by atoms with Gasteiger partial charge in [-0.25, -0.2) is 0 Å². The van der Waals surface area contributed by atoms with Crippen molar-refractivity contribution in [1.82, 2.24) is 9.78 Å². The van der Waals surface area contributed by atoms with E-state index in [1.807, 2.05) is 36.3 Å². The summed E-state index contributed by atoms with van der Waals surface area (Å²) in [7, 11) is 1.92. The number of aromatic nitrogens is 2. The molecule has 102 valence electrons. The largest absolute Gasteiger partial charge is 0.483 e. The molecule has 0 radical (unpaired) electrons. The Hall–Kier alpha value is -2.29. The summed E-state index contributed by atoms with van der Waals surface area (Å²) < 4.78 is 7.80. The first kappa shape index (κ1) is 12.7. The topological polar surface area (TPSA) is 27.1 Å². The molecule has 20 heavy (non-hydrogen) atoms. The highest BCUT2D eigenvalue weighted by Gasteiger charge is 2.38. The highest BCUT2D eigenvalue weighted by molar-refractivity contribution is 5.67. The molecule has 1 saturated heterocycles. The van der Waals surface area contributed by atoms with Gasteiger partial charge >= 0.3 is 0 Å². The average molecular weight is 266 g/mol. The van der Waals surface area contributed by atoms with Crippen molar-refractivity contribution < 1.29 is 4.74 Å². The molecule has 3 heteroatoms. The van der Waals surface area contributed by atoms with Gasteiger partial charge < -0.3 is 4.74 Å². The molecule has 0 bridgehead atoms. The van der Waals surface area contributed by atoms with E-state index < -0.39 is 5.60 Å². The first-order chi connectivity index (χ1) is 9.49. The Morgan fingerprint density at radius 1 is 1.30 bits per heavy atom. The fourth-order valence-corrected chi connectivity index (χ4v) is 2.79. The van der Waals surface area contributed by atoms with E-state index in [9.17, 15) is 0 Å². The lowest BCUT2D eigenvalue weighted by Gasteiger charge is -2.26. The van der Waals surface area contributed by atoms with Crippen LogP contribution in [0.5, 0.6) is 0 Å². The van der Waals surface area contributed by atoms with Crippen LogP contribution in [0.3, 0.4) is 0 Å². The van der Waals surface area contributed by atoms with Crippen molar-refractivity contribution in [3.05, 3.63) is 66.7 Å². The smallest absolute Gasteiger partial charge is 0.136 e. The summed E-state index contributed by atoms with van der Waals surface area (Å²) in [6, 6.07) is 8.28. The molecule has 2 aromatic rings. The van der Waals surface area contributed by atoms with Crippen LogP contribution in [0.1, 0.15) is 18.9 Å². The highest BCUT2D eigenvalue weighted by atomic mass is 16.5. The summed E-state index contributed by atoms with van der Waals surface area (Å²) in [6.45, 7) is 10.0. The maximum atomic E-state index is 5.99. The lowest BCUT2D eigenvalue weighted by atomic mass is 9.86. The minimum atomic E-state index is -0.402. The van der Waals surface area contributed by atoms with Gasteiger partial charge in [-0.05, 0) is 18.1 Å². The number of ether oxygens (including phenoxy) is 1. The van der Waals surface area contributed by atoms with Crippen LogP contribution in [0.2, 0.25) is 0 Å². The van der Waals surface area contributed by atoms with E-state index in [1.165, 1.54) is 0 Å². The van der Waals surface area contributed by atoms with Gasteiger partial charge in [-0.2, -0.15) is 5.10 Å². The van der Waals surface area contributed by atoms with Gasteiger partial charge in [0.2, 0.25) is 0 Å². The Labute approximate surface area is 119 Å². The van der Waals surface area contributed by atoms with Crippen molar-refractivity contribution in [2.45, 2.75) is 18.9 Å². The Morgan fingerprint density at radius 3 is 2.65 bits per heavy atom. The summed E-state index contributed by atoms with van der Waals surface area (Å²) in [6.07, 6.45) is 4.66. The molecule has 3 nitrogen and oxygen atoms in total. The number of allylic oxidation sites excluding steroid dienone is 1. The van der Waals surface area contributed by atoms with E-state index in [-0.39, 0.29) is 0 Å². The molecule has 3 rings (SSSR count). The van der Waals surface area contributed by atoms with Gasteiger partial charge in [-0.1, -0.05) is 37.4 Å². The molecule has 1 aliphatic heterocycles. The average Bonchev–Trinajstić information content (AvgIpc) is 2.95. The number of aryl methyl sites for hydroxylation is 1. The zero-order valence-corrected chi connectivity index (χ0v) is 11.9. The van der Waals surface area contributed by atoms with Crippen molar-refractivity contribution in [3.8, 4) is 11.1 Å². The third kappa shape index (κ3) is 1.95. The Morgan fingerprint density at radius 2 is 2.05 bits per heavy atom.